The Bertz CT molecular complexity index is 867. The molecule has 0 spiro atoms. The fraction of sp³-hybridized carbons (Fsp3) is 0.333. The van der Waals surface area contributed by atoms with Gasteiger partial charge in [-0.2, -0.15) is 0 Å². The van der Waals surface area contributed by atoms with Gasteiger partial charge >= 0.3 is 0 Å². The molecule has 2 N–H and O–H groups in total. The predicted molar refractivity (Wildman–Crippen MR) is 110 cm³/mol. The molecule has 6 heteroatoms. The molecule has 1 heterocycles. The fourth-order valence-electron chi connectivity index (χ4n) is 3.31. The number of fused-ring (bicyclic) bond motifs is 1. The standard InChI is InChI=1S/C21H24ClN3O2/c1-14-8-9-19-16(11-14)5-4-10-25(19)13-21(27)23-12-20(26)24-18-7-3-6-17(22)15(18)2/h3,6-9,11H,4-5,10,12-13H2,1-2H3,(H,23,27)(H,24,26). The topological polar surface area (TPSA) is 61.4 Å². The van der Waals surface area contributed by atoms with E-state index in [2.05, 4.69) is 40.7 Å². The Kier molecular flexibility index (Phi) is 6.01. The van der Waals surface area contributed by atoms with Crippen molar-refractivity contribution in [2.24, 2.45) is 0 Å². The summed E-state index contributed by atoms with van der Waals surface area (Å²) in [5, 5.41) is 6.07. The third-order valence-electron chi connectivity index (χ3n) is 4.77. The molecule has 0 atom stereocenters. The van der Waals surface area contributed by atoms with Gasteiger partial charge < -0.3 is 15.5 Å². The molecule has 3 rings (SSSR count). The predicted octanol–water partition coefficient (Wildman–Crippen LogP) is 3.46. The van der Waals surface area contributed by atoms with Crippen LogP contribution < -0.4 is 15.5 Å². The van der Waals surface area contributed by atoms with Crippen molar-refractivity contribution in [2.75, 3.05) is 29.9 Å². The van der Waals surface area contributed by atoms with Crippen LogP contribution >= 0.6 is 11.6 Å². The van der Waals surface area contributed by atoms with Gasteiger partial charge in [0.05, 0.1) is 13.1 Å². The van der Waals surface area contributed by atoms with Crippen LogP contribution in [0.2, 0.25) is 5.02 Å². The minimum Gasteiger partial charge on any atom is -0.362 e. The quantitative estimate of drug-likeness (QED) is 0.828. The molecule has 2 aromatic rings. The number of nitrogens with one attached hydrogen (secondary N) is 2. The second-order valence-electron chi connectivity index (χ2n) is 6.89. The molecule has 0 aromatic heterocycles. The van der Waals surface area contributed by atoms with Crippen molar-refractivity contribution in [3.05, 3.63) is 58.1 Å². The van der Waals surface area contributed by atoms with Crippen LogP contribution in [0.25, 0.3) is 0 Å². The zero-order valence-electron chi connectivity index (χ0n) is 15.6. The van der Waals surface area contributed by atoms with Crippen molar-refractivity contribution >= 4 is 34.8 Å². The number of benzene rings is 2. The lowest BCUT2D eigenvalue weighted by Gasteiger charge is -2.31. The first-order chi connectivity index (χ1) is 12.9. The zero-order chi connectivity index (χ0) is 19.4. The highest BCUT2D eigenvalue weighted by Crippen LogP contribution is 2.27. The summed E-state index contributed by atoms with van der Waals surface area (Å²) in [6.45, 7) is 4.94. The van der Waals surface area contributed by atoms with Gasteiger partial charge in [-0.05, 0) is 56.0 Å². The first kappa shape index (κ1) is 19.2. The van der Waals surface area contributed by atoms with Crippen LogP contribution in [-0.4, -0.2) is 31.4 Å². The minimum atomic E-state index is -0.275. The monoisotopic (exact) mass is 385 g/mol. The maximum atomic E-state index is 12.3. The van der Waals surface area contributed by atoms with Crippen LogP contribution in [0, 0.1) is 13.8 Å². The Morgan fingerprint density at radius 2 is 1.96 bits per heavy atom. The Morgan fingerprint density at radius 1 is 1.15 bits per heavy atom. The van der Waals surface area contributed by atoms with Gasteiger partial charge in [0.1, 0.15) is 0 Å². The van der Waals surface area contributed by atoms with Gasteiger partial charge in [0, 0.05) is 22.9 Å². The number of carbonyl (C=O) groups excluding carboxylic acids is 2. The summed E-state index contributed by atoms with van der Waals surface area (Å²) in [7, 11) is 0. The lowest BCUT2D eigenvalue weighted by Crippen LogP contribution is -2.42. The van der Waals surface area contributed by atoms with Crippen LogP contribution in [0.5, 0.6) is 0 Å². The third-order valence-corrected chi connectivity index (χ3v) is 5.18. The molecule has 0 unspecified atom stereocenters. The van der Waals surface area contributed by atoms with Gasteiger partial charge in [-0.3, -0.25) is 9.59 Å². The molecule has 1 aliphatic heterocycles. The van der Waals surface area contributed by atoms with Gasteiger partial charge in [-0.15, -0.1) is 0 Å². The van der Waals surface area contributed by atoms with E-state index in [0.29, 0.717) is 10.7 Å². The number of nitrogens with zero attached hydrogens (tertiary/aromatic N) is 1. The highest BCUT2D eigenvalue weighted by molar-refractivity contribution is 6.31. The molecule has 0 fully saturated rings. The van der Waals surface area contributed by atoms with Crippen molar-refractivity contribution in [1.29, 1.82) is 0 Å². The molecule has 0 aliphatic carbocycles. The molecule has 0 radical (unpaired) electrons. The van der Waals surface area contributed by atoms with E-state index in [1.54, 1.807) is 18.2 Å². The van der Waals surface area contributed by atoms with Crippen molar-refractivity contribution < 1.29 is 9.59 Å². The number of aryl methyl sites for hydroxylation is 2. The molecule has 0 bridgehead atoms. The summed E-state index contributed by atoms with van der Waals surface area (Å²) in [5.41, 5.74) is 5.08. The van der Waals surface area contributed by atoms with Gasteiger partial charge in [0.2, 0.25) is 11.8 Å². The lowest BCUT2D eigenvalue weighted by molar-refractivity contribution is -0.123. The minimum absolute atomic E-state index is 0.0701. The van der Waals surface area contributed by atoms with Crippen molar-refractivity contribution in [3.8, 4) is 0 Å². The van der Waals surface area contributed by atoms with Crippen molar-refractivity contribution in [3.63, 3.8) is 0 Å². The Hall–Kier alpha value is -2.53. The molecular weight excluding hydrogens is 362 g/mol. The summed E-state index contributed by atoms with van der Waals surface area (Å²) in [6, 6.07) is 11.7. The Morgan fingerprint density at radius 3 is 2.78 bits per heavy atom. The number of amides is 2. The van der Waals surface area contributed by atoms with E-state index < -0.39 is 0 Å². The third kappa shape index (κ3) is 4.80. The number of anilines is 2. The molecule has 142 valence electrons. The second kappa shape index (κ2) is 8.44. The average Bonchev–Trinajstić information content (AvgIpc) is 2.64. The highest BCUT2D eigenvalue weighted by Gasteiger charge is 2.19. The van der Waals surface area contributed by atoms with Crippen LogP contribution in [-0.2, 0) is 16.0 Å². The number of hydrogen-bond donors (Lipinski definition) is 2. The number of halogens is 1. The van der Waals surface area contributed by atoms with Gasteiger partial charge in [0.25, 0.3) is 0 Å². The smallest absolute Gasteiger partial charge is 0.243 e. The molecule has 1 aliphatic rings. The summed E-state index contributed by atoms with van der Waals surface area (Å²) in [5.74, 6) is -0.440. The van der Waals surface area contributed by atoms with E-state index >= 15 is 0 Å². The van der Waals surface area contributed by atoms with E-state index in [4.69, 9.17) is 11.6 Å². The molecule has 0 saturated carbocycles. The van der Waals surface area contributed by atoms with E-state index in [1.807, 2.05) is 6.92 Å². The van der Waals surface area contributed by atoms with Gasteiger partial charge in [-0.25, -0.2) is 0 Å². The normalized spacial score (nSPS) is 13.1. The highest BCUT2D eigenvalue weighted by atomic mass is 35.5. The number of carbonyl (C=O) groups is 2. The Labute approximate surface area is 164 Å². The summed E-state index contributed by atoms with van der Waals surface area (Å²) in [6.07, 6.45) is 2.06. The molecule has 0 saturated heterocycles. The summed E-state index contributed by atoms with van der Waals surface area (Å²) >= 11 is 6.06. The first-order valence-corrected chi connectivity index (χ1v) is 9.48. The molecular formula is C21H24ClN3O2. The summed E-state index contributed by atoms with van der Waals surface area (Å²) in [4.78, 5) is 26.5. The van der Waals surface area contributed by atoms with Gasteiger partial charge in [-0.1, -0.05) is 35.4 Å². The number of hydrogen-bond acceptors (Lipinski definition) is 3. The van der Waals surface area contributed by atoms with Crippen LogP contribution in [0.15, 0.2) is 36.4 Å². The van der Waals surface area contributed by atoms with Gasteiger partial charge in [0.15, 0.2) is 0 Å². The number of rotatable bonds is 5. The SMILES string of the molecule is Cc1ccc2c(c1)CCCN2CC(=O)NCC(=O)Nc1cccc(Cl)c1C. The maximum Gasteiger partial charge on any atom is 0.243 e. The van der Waals surface area contributed by atoms with Crippen LogP contribution in [0.3, 0.4) is 0 Å². The summed E-state index contributed by atoms with van der Waals surface area (Å²) < 4.78 is 0. The van der Waals surface area contributed by atoms with E-state index in [1.165, 1.54) is 11.1 Å². The zero-order valence-corrected chi connectivity index (χ0v) is 16.4. The largest absolute Gasteiger partial charge is 0.362 e. The molecule has 5 nitrogen and oxygen atoms in total. The molecule has 2 aromatic carbocycles. The van der Waals surface area contributed by atoms with E-state index in [-0.39, 0.29) is 24.9 Å². The molecule has 27 heavy (non-hydrogen) atoms. The van der Waals surface area contributed by atoms with Crippen molar-refractivity contribution in [2.45, 2.75) is 26.7 Å². The Balaban J connectivity index is 1.53. The van der Waals surface area contributed by atoms with E-state index in [9.17, 15) is 9.59 Å². The fourth-order valence-corrected chi connectivity index (χ4v) is 3.49. The van der Waals surface area contributed by atoms with E-state index in [0.717, 1.165) is 30.6 Å². The van der Waals surface area contributed by atoms with Crippen LogP contribution in [0.1, 0.15) is 23.1 Å². The maximum absolute atomic E-state index is 12.3. The lowest BCUT2D eigenvalue weighted by atomic mass is 9.99. The first-order valence-electron chi connectivity index (χ1n) is 9.10. The second-order valence-corrected chi connectivity index (χ2v) is 7.30. The molecule has 2 amide bonds. The van der Waals surface area contributed by atoms with Crippen molar-refractivity contribution in [1.82, 2.24) is 5.32 Å². The van der Waals surface area contributed by atoms with Crippen LogP contribution in [0.4, 0.5) is 11.4 Å². The average molecular weight is 386 g/mol.